The molecule has 0 aliphatic heterocycles. The maximum atomic E-state index is 10.7. The lowest BCUT2D eigenvalue weighted by Gasteiger charge is -2.16. The molecule has 3 N–H and O–H groups in total. The minimum Gasteiger partial charge on any atom is -0.507 e. The van der Waals surface area contributed by atoms with Crippen LogP contribution in [0.3, 0.4) is 0 Å². The first-order chi connectivity index (χ1) is 15.3. The van der Waals surface area contributed by atoms with Gasteiger partial charge in [-0.15, -0.1) is 0 Å². The van der Waals surface area contributed by atoms with Gasteiger partial charge in [0.05, 0.1) is 30.5 Å². The molecule has 0 aliphatic carbocycles. The number of hydrogen-bond donors (Lipinski definition) is 3. The Morgan fingerprint density at radius 2 is 2.03 bits per heavy atom. The second-order valence-electron chi connectivity index (χ2n) is 8.17. The number of nitrogens with zero attached hydrogens (tertiary/aromatic N) is 3. The van der Waals surface area contributed by atoms with Crippen LogP contribution in [-0.4, -0.2) is 43.3 Å². The zero-order valence-electron chi connectivity index (χ0n) is 19.3. The quantitative estimate of drug-likeness (QED) is 0.217. The molecule has 32 heavy (non-hydrogen) atoms. The number of H-pyrrole nitrogens is 1. The Bertz CT molecular complexity index is 1200. The van der Waals surface area contributed by atoms with Crippen LogP contribution < -0.4 is 4.74 Å². The molecule has 8 heteroatoms. The first-order valence-electron chi connectivity index (χ1n) is 10.9. The van der Waals surface area contributed by atoms with Gasteiger partial charge < -0.3 is 19.5 Å². The standard InChI is InChI=1S/C24H32N4O3S/c1-6-7-16(4)14-18(20(30)11-13-29)23-25-26-24(32)28(23)19-8-9-21(31-5)22-17(19)10-12-27(22)15(2)3/h8-12,14-16,29-30H,6-7,13H2,1-5H3,(H,26,32)/b18-14+,20-11+. The number of hydrogen-bond acceptors (Lipinski definition) is 5. The van der Waals surface area contributed by atoms with Crippen molar-refractivity contribution >= 4 is 28.7 Å². The van der Waals surface area contributed by atoms with Crippen LogP contribution in [-0.2, 0) is 0 Å². The smallest absolute Gasteiger partial charge is 0.200 e. The number of aliphatic hydroxyl groups is 2. The zero-order valence-corrected chi connectivity index (χ0v) is 20.1. The van der Waals surface area contributed by atoms with Gasteiger partial charge in [-0.3, -0.25) is 9.67 Å². The van der Waals surface area contributed by atoms with Crippen molar-refractivity contribution in [3.8, 4) is 11.4 Å². The highest BCUT2D eigenvalue weighted by molar-refractivity contribution is 7.71. The average Bonchev–Trinajstić information content (AvgIpc) is 3.36. The number of methoxy groups -OCH3 is 1. The third kappa shape index (κ3) is 4.52. The Balaban J connectivity index is 2.30. The van der Waals surface area contributed by atoms with Crippen molar-refractivity contribution in [1.82, 2.24) is 19.3 Å². The number of aliphatic hydroxyl groups excluding tert-OH is 2. The van der Waals surface area contributed by atoms with Crippen LogP contribution in [0.5, 0.6) is 5.75 Å². The summed E-state index contributed by atoms with van der Waals surface area (Å²) in [6.07, 6.45) is 7.36. The van der Waals surface area contributed by atoms with E-state index in [4.69, 9.17) is 17.0 Å². The van der Waals surface area contributed by atoms with Crippen LogP contribution in [0, 0.1) is 10.7 Å². The minimum atomic E-state index is -0.277. The Morgan fingerprint density at radius 3 is 2.66 bits per heavy atom. The van der Waals surface area contributed by atoms with Crippen molar-refractivity contribution in [2.24, 2.45) is 5.92 Å². The Labute approximate surface area is 193 Å². The first kappa shape index (κ1) is 23.8. The Hall–Kier alpha value is -2.84. The van der Waals surface area contributed by atoms with Crippen molar-refractivity contribution in [3.63, 3.8) is 0 Å². The molecule has 3 aromatic rings. The Morgan fingerprint density at radius 1 is 1.28 bits per heavy atom. The number of benzene rings is 1. The highest BCUT2D eigenvalue weighted by atomic mass is 32.1. The van der Waals surface area contributed by atoms with Gasteiger partial charge in [-0.2, -0.15) is 5.10 Å². The summed E-state index contributed by atoms with van der Waals surface area (Å²) in [5.41, 5.74) is 2.33. The fourth-order valence-electron chi connectivity index (χ4n) is 4.02. The molecule has 2 aromatic heterocycles. The molecule has 0 aliphatic rings. The number of allylic oxidation sites excluding steroid dienone is 2. The van der Waals surface area contributed by atoms with E-state index in [9.17, 15) is 10.2 Å². The van der Waals surface area contributed by atoms with E-state index in [1.54, 1.807) is 7.11 Å². The summed E-state index contributed by atoms with van der Waals surface area (Å²) in [4.78, 5) is 0. The molecule has 1 atom stereocenters. The fourth-order valence-corrected chi connectivity index (χ4v) is 4.25. The summed E-state index contributed by atoms with van der Waals surface area (Å²) in [5, 5.41) is 28.4. The molecule has 7 nitrogen and oxygen atoms in total. The monoisotopic (exact) mass is 456 g/mol. The van der Waals surface area contributed by atoms with Gasteiger partial charge in [0.25, 0.3) is 0 Å². The lowest BCUT2D eigenvalue weighted by molar-refractivity contribution is 0.333. The van der Waals surface area contributed by atoms with Gasteiger partial charge in [-0.05, 0) is 62.7 Å². The van der Waals surface area contributed by atoms with Gasteiger partial charge in [-0.25, -0.2) is 0 Å². The van der Waals surface area contributed by atoms with Crippen molar-refractivity contribution in [1.29, 1.82) is 0 Å². The molecular weight excluding hydrogens is 424 g/mol. The molecule has 1 aromatic carbocycles. The van der Waals surface area contributed by atoms with E-state index >= 15 is 0 Å². The highest BCUT2D eigenvalue weighted by Crippen LogP contribution is 2.35. The largest absolute Gasteiger partial charge is 0.507 e. The third-order valence-corrected chi connectivity index (χ3v) is 5.78. The number of aromatic nitrogens is 4. The topological polar surface area (TPSA) is 88.2 Å². The molecule has 2 heterocycles. The molecule has 0 saturated carbocycles. The summed E-state index contributed by atoms with van der Waals surface area (Å²) in [6.45, 7) is 8.18. The predicted molar refractivity (Wildman–Crippen MR) is 131 cm³/mol. The molecule has 0 amide bonds. The van der Waals surface area contributed by atoms with Gasteiger partial charge in [0.2, 0.25) is 0 Å². The number of rotatable bonds is 9. The number of ether oxygens (including phenoxy) is 1. The van der Waals surface area contributed by atoms with Gasteiger partial charge in [-0.1, -0.05) is 26.3 Å². The van der Waals surface area contributed by atoms with Crippen molar-refractivity contribution < 1.29 is 14.9 Å². The van der Waals surface area contributed by atoms with Gasteiger partial charge in [0.15, 0.2) is 10.6 Å². The second kappa shape index (κ2) is 10.2. The van der Waals surface area contributed by atoms with Crippen LogP contribution in [0.2, 0.25) is 0 Å². The summed E-state index contributed by atoms with van der Waals surface area (Å²) in [7, 11) is 1.66. The van der Waals surface area contributed by atoms with Crippen LogP contribution in [0.25, 0.3) is 22.2 Å². The van der Waals surface area contributed by atoms with Crippen molar-refractivity contribution in [2.45, 2.75) is 46.6 Å². The van der Waals surface area contributed by atoms with E-state index in [0.29, 0.717) is 16.2 Å². The van der Waals surface area contributed by atoms with Crippen molar-refractivity contribution in [2.75, 3.05) is 13.7 Å². The molecule has 0 fully saturated rings. The molecular formula is C24H32N4O3S. The van der Waals surface area contributed by atoms with Crippen LogP contribution >= 0.6 is 12.2 Å². The predicted octanol–water partition coefficient (Wildman–Crippen LogP) is 5.73. The second-order valence-corrected chi connectivity index (χ2v) is 8.56. The summed E-state index contributed by atoms with van der Waals surface area (Å²) >= 11 is 5.60. The van der Waals surface area contributed by atoms with E-state index in [0.717, 1.165) is 35.2 Å². The molecule has 0 saturated heterocycles. The average molecular weight is 457 g/mol. The summed E-state index contributed by atoms with van der Waals surface area (Å²) in [5.74, 6) is 1.44. The van der Waals surface area contributed by atoms with Crippen molar-refractivity contribution in [3.05, 3.63) is 52.9 Å². The maximum absolute atomic E-state index is 10.7. The highest BCUT2D eigenvalue weighted by Gasteiger charge is 2.21. The van der Waals surface area contributed by atoms with Gasteiger partial charge in [0, 0.05) is 17.6 Å². The van der Waals surface area contributed by atoms with Crippen LogP contribution in [0.1, 0.15) is 52.4 Å². The minimum absolute atomic E-state index is 0.0322. The van der Waals surface area contributed by atoms with E-state index in [2.05, 4.69) is 42.5 Å². The zero-order chi connectivity index (χ0) is 23.4. The first-order valence-corrected chi connectivity index (χ1v) is 11.3. The number of fused-ring (bicyclic) bond motifs is 1. The molecule has 0 spiro atoms. The lowest BCUT2D eigenvalue weighted by atomic mass is 10.0. The van der Waals surface area contributed by atoms with Gasteiger partial charge >= 0.3 is 0 Å². The van der Waals surface area contributed by atoms with Crippen LogP contribution in [0.4, 0.5) is 0 Å². The van der Waals surface area contributed by atoms with E-state index in [1.807, 2.05) is 35.0 Å². The SMILES string of the molecule is CCCC(C)/C=C(\C(O)=C/CO)c1n[nH]c(=S)n1-c1ccc(OC)c2c1ccn2C(C)C. The summed E-state index contributed by atoms with van der Waals surface area (Å²) < 4.78 is 10.0. The van der Waals surface area contributed by atoms with Crippen LogP contribution in [0.15, 0.2) is 42.3 Å². The number of aromatic amines is 1. The maximum Gasteiger partial charge on any atom is 0.200 e. The molecule has 3 rings (SSSR count). The van der Waals surface area contributed by atoms with E-state index in [1.165, 1.54) is 6.08 Å². The third-order valence-electron chi connectivity index (χ3n) is 5.50. The molecule has 172 valence electrons. The molecule has 0 bridgehead atoms. The van der Waals surface area contributed by atoms with E-state index in [-0.39, 0.29) is 24.3 Å². The molecule has 0 radical (unpaired) electrons. The van der Waals surface area contributed by atoms with Gasteiger partial charge in [0.1, 0.15) is 11.5 Å². The molecule has 1 unspecified atom stereocenters. The van der Waals surface area contributed by atoms with E-state index < -0.39 is 0 Å². The normalized spacial score (nSPS) is 13.8. The lowest BCUT2D eigenvalue weighted by Crippen LogP contribution is -2.06. The summed E-state index contributed by atoms with van der Waals surface area (Å²) in [6, 6.07) is 6.15. The Kier molecular flexibility index (Phi) is 7.58. The number of nitrogens with one attached hydrogen (secondary N) is 1. The fraction of sp³-hybridized carbons (Fsp3) is 0.417.